The van der Waals surface area contributed by atoms with E-state index in [9.17, 15) is 14.4 Å². The zero-order chi connectivity index (χ0) is 15.6. The molecule has 4 amide bonds. The van der Waals surface area contributed by atoms with Gasteiger partial charge in [0.1, 0.15) is 5.41 Å². The van der Waals surface area contributed by atoms with Crippen LogP contribution in [-0.2, 0) is 16.1 Å². The normalized spacial score (nSPS) is 17.9. The van der Waals surface area contributed by atoms with Gasteiger partial charge in [0.2, 0.25) is 11.8 Å². The van der Waals surface area contributed by atoms with Crippen LogP contribution in [0.2, 0.25) is 0 Å². The van der Waals surface area contributed by atoms with Crippen LogP contribution in [0.15, 0.2) is 12.4 Å². The van der Waals surface area contributed by atoms with Crippen molar-refractivity contribution in [2.45, 2.75) is 40.2 Å². The number of aromatic nitrogens is 2. The molecule has 1 N–H and O–H groups in total. The molecule has 112 valence electrons. The molecule has 0 bridgehead atoms. The molecular weight excluding hydrogens is 272 g/mol. The molecule has 1 saturated heterocycles. The first-order valence-electron chi connectivity index (χ1n) is 6.89. The van der Waals surface area contributed by atoms with Crippen LogP contribution < -0.4 is 5.32 Å². The van der Waals surface area contributed by atoms with E-state index in [4.69, 9.17) is 0 Å². The van der Waals surface area contributed by atoms with Gasteiger partial charge in [-0.25, -0.2) is 4.79 Å². The van der Waals surface area contributed by atoms with E-state index in [0.717, 1.165) is 10.6 Å². The van der Waals surface area contributed by atoms with Gasteiger partial charge in [-0.15, -0.1) is 0 Å². The van der Waals surface area contributed by atoms with Crippen LogP contribution in [0, 0.1) is 12.3 Å². The highest BCUT2D eigenvalue weighted by atomic mass is 16.2. The Labute approximate surface area is 122 Å². The maximum atomic E-state index is 12.6. The molecule has 1 aromatic heterocycles. The largest absolute Gasteiger partial charge is 0.331 e. The summed E-state index contributed by atoms with van der Waals surface area (Å²) in [6.45, 7) is 5.33. The third-order valence-electron chi connectivity index (χ3n) is 3.92. The molecule has 1 fully saturated rings. The number of imide groups is 2. The molecule has 2 rings (SSSR count). The zero-order valence-corrected chi connectivity index (χ0v) is 12.3. The Hall–Kier alpha value is -2.31. The molecule has 21 heavy (non-hydrogen) atoms. The van der Waals surface area contributed by atoms with Crippen LogP contribution in [-0.4, -0.2) is 32.7 Å². The van der Waals surface area contributed by atoms with E-state index in [1.165, 1.54) is 6.20 Å². The van der Waals surface area contributed by atoms with E-state index >= 15 is 0 Å². The van der Waals surface area contributed by atoms with E-state index in [1.54, 1.807) is 27.0 Å². The van der Waals surface area contributed by atoms with Crippen molar-refractivity contribution in [3.63, 3.8) is 0 Å². The SMILES string of the molecule is CCC1(CC)C(=O)NC(=O)N(Cc2cnc(C)cn2)C1=O. The fourth-order valence-corrected chi connectivity index (χ4v) is 2.41. The number of hydrogen-bond donors (Lipinski definition) is 1. The summed E-state index contributed by atoms with van der Waals surface area (Å²) in [7, 11) is 0. The Balaban J connectivity index is 2.29. The number of nitrogens with zero attached hydrogens (tertiary/aromatic N) is 3. The molecule has 0 saturated carbocycles. The first-order valence-corrected chi connectivity index (χ1v) is 6.89. The van der Waals surface area contributed by atoms with Gasteiger partial charge in [0.05, 0.1) is 24.1 Å². The van der Waals surface area contributed by atoms with Crippen molar-refractivity contribution < 1.29 is 14.4 Å². The third-order valence-corrected chi connectivity index (χ3v) is 3.92. The van der Waals surface area contributed by atoms with E-state index in [2.05, 4.69) is 15.3 Å². The van der Waals surface area contributed by atoms with Crippen molar-refractivity contribution in [3.05, 3.63) is 23.8 Å². The molecule has 0 spiro atoms. The lowest BCUT2D eigenvalue weighted by molar-refractivity contribution is -0.152. The van der Waals surface area contributed by atoms with Crippen LogP contribution in [0.5, 0.6) is 0 Å². The van der Waals surface area contributed by atoms with Gasteiger partial charge in [-0.3, -0.25) is 29.8 Å². The number of urea groups is 1. The maximum absolute atomic E-state index is 12.6. The number of carbonyl (C=O) groups excluding carboxylic acids is 3. The predicted octanol–water partition coefficient (Wildman–Crippen LogP) is 1.17. The summed E-state index contributed by atoms with van der Waals surface area (Å²) in [6.07, 6.45) is 3.78. The minimum atomic E-state index is -1.17. The van der Waals surface area contributed by atoms with Crippen LogP contribution in [0.1, 0.15) is 38.1 Å². The average molecular weight is 290 g/mol. The van der Waals surface area contributed by atoms with Crippen molar-refractivity contribution in [1.29, 1.82) is 0 Å². The van der Waals surface area contributed by atoms with Crippen LogP contribution in [0.4, 0.5) is 4.79 Å². The molecule has 1 aliphatic heterocycles. The summed E-state index contributed by atoms with van der Waals surface area (Å²) in [5, 5.41) is 2.26. The minimum absolute atomic E-state index is 0.00692. The summed E-state index contributed by atoms with van der Waals surface area (Å²) in [4.78, 5) is 45.8. The number of amides is 4. The van der Waals surface area contributed by atoms with E-state index in [-0.39, 0.29) is 6.54 Å². The Morgan fingerprint density at radius 2 is 1.81 bits per heavy atom. The van der Waals surface area contributed by atoms with E-state index in [1.807, 2.05) is 0 Å². The molecule has 7 nitrogen and oxygen atoms in total. The van der Waals surface area contributed by atoms with Gasteiger partial charge < -0.3 is 0 Å². The summed E-state index contributed by atoms with van der Waals surface area (Å²) >= 11 is 0. The van der Waals surface area contributed by atoms with Crippen molar-refractivity contribution in [3.8, 4) is 0 Å². The lowest BCUT2D eigenvalue weighted by atomic mass is 9.78. The summed E-state index contributed by atoms with van der Waals surface area (Å²) in [5.41, 5.74) is 0.0748. The van der Waals surface area contributed by atoms with Crippen molar-refractivity contribution >= 4 is 17.8 Å². The van der Waals surface area contributed by atoms with Gasteiger partial charge in [0, 0.05) is 6.20 Å². The number of carbonyl (C=O) groups is 3. The summed E-state index contributed by atoms with van der Waals surface area (Å²) < 4.78 is 0. The number of nitrogens with one attached hydrogen (secondary N) is 1. The number of hydrogen-bond acceptors (Lipinski definition) is 5. The zero-order valence-electron chi connectivity index (χ0n) is 12.3. The summed E-state index contributed by atoms with van der Waals surface area (Å²) in [5.74, 6) is -0.989. The van der Waals surface area contributed by atoms with Gasteiger partial charge in [-0.05, 0) is 19.8 Å². The highest BCUT2D eigenvalue weighted by Gasteiger charge is 2.51. The fourth-order valence-electron chi connectivity index (χ4n) is 2.41. The van der Waals surface area contributed by atoms with Crippen molar-refractivity contribution in [2.24, 2.45) is 5.41 Å². The van der Waals surface area contributed by atoms with Crippen LogP contribution in [0.25, 0.3) is 0 Å². The van der Waals surface area contributed by atoms with Crippen LogP contribution in [0.3, 0.4) is 0 Å². The number of aryl methyl sites for hydroxylation is 1. The molecule has 0 aliphatic carbocycles. The average Bonchev–Trinajstić information content (AvgIpc) is 2.47. The van der Waals surface area contributed by atoms with Crippen molar-refractivity contribution in [2.75, 3.05) is 0 Å². The molecule has 2 heterocycles. The van der Waals surface area contributed by atoms with Gasteiger partial charge in [-0.2, -0.15) is 0 Å². The van der Waals surface area contributed by atoms with E-state index < -0.39 is 23.3 Å². The predicted molar refractivity (Wildman–Crippen MR) is 73.9 cm³/mol. The monoisotopic (exact) mass is 290 g/mol. The highest BCUT2D eigenvalue weighted by molar-refractivity contribution is 6.19. The standard InChI is InChI=1S/C14H18N4O3/c1-4-14(5-2)11(19)17-13(21)18(12(14)20)8-10-7-15-9(3)6-16-10/h6-7H,4-5,8H2,1-3H3,(H,17,19,21). The Bertz CT molecular complexity index is 578. The first kappa shape index (κ1) is 15.1. The maximum Gasteiger partial charge on any atom is 0.331 e. The lowest BCUT2D eigenvalue weighted by Crippen LogP contribution is -2.63. The third kappa shape index (κ3) is 2.51. The fraction of sp³-hybridized carbons (Fsp3) is 0.500. The Morgan fingerprint density at radius 3 is 2.33 bits per heavy atom. The Kier molecular flexibility index (Phi) is 4.02. The number of barbiturate groups is 1. The molecule has 1 aliphatic rings. The second-order valence-electron chi connectivity index (χ2n) is 5.09. The molecule has 0 atom stereocenters. The van der Waals surface area contributed by atoms with Gasteiger partial charge in [-0.1, -0.05) is 13.8 Å². The first-order chi connectivity index (χ1) is 9.94. The second-order valence-corrected chi connectivity index (χ2v) is 5.09. The minimum Gasteiger partial charge on any atom is -0.277 e. The quantitative estimate of drug-likeness (QED) is 0.840. The highest BCUT2D eigenvalue weighted by Crippen LogP contribution is 2.32. The molecular formula is C14H18N4O3. The molecule has 7 heteroatoms. The summed E-state index contributed by atoms with van der Waals surface area (Å²) in [6, 6.07) is -0.704. The molecule has 0 aromatic carbocycles. The van der Waals surface area contributed by atoms with Gasteiger partial charge >= 0.3 is 6.03 Å². The topological polar surface area (TPSA) is 92.3 Å². The van der Waals surface area contributed by atoms with Gasteiger partial charge in [0.25, 0.3) is 0 Å². The van der Waals surface area contributed by atoms with Crippen molar-refractivity contribution in [1.82, 2.24) is 20.2 Å². The number of rotatable bonds is 4. The molecule has 0 unspecified atom stereocenters. The lowest BCUT2D eigenvalue weighted by Gasteiger charge is -2.38. The second kappa shape index (κ2) is 5.59. The van der Waals surface area contributed by atoms with E-state index in [0.29, 0.717) is 18.5 Å². The molecule has 0 radical (unpaired) electrons. The smallest absolute Gasteiger partial charge is 0.277 e. The Morgan fingerprint density at radius 1 is 1.14 bits per heavy atom. The molecule has 1 aromatic rings. The van der Waals surface area contributed by atoms with Gasteiger partial charge in [0.15, 0.2) is 0 Å². The van der Waals surface area contributed by atoms with Crippen LogP contribution >= 0.6 is 0 Å².